The molecule has 1 aliphatic heterocycles. The standard InChI is InChI=1S/C19H19NO2/c1-10(11-5-3-2-4-6-11)20-18(21)16-12-7-8-13(15-9-14(12)15)17(16)19(20)22/h2-8,10,12-17H,9H2,1H3/t10-,12+,13+,14+,15+,16-,17-/m1/s1. The van der Waals surface area contributed by atoms with Gasteiger partial charge >= 0.3 is 0 Å². The molecule has 3 nitrogen and oxygen atoms in total. The van der Waals surface area contributed by atoms with Crippen molar-refractivity contribution in [2.24, 2.45) is 35.5 Å². The lowest BCUT2D eigenvalue weighted by atomic mass is 9.63. The Bertz CT molecular complexity index is 659. The first-order valence-electron chi connectivity index (χ1n) is 8.28. The van der Waals surface area contributed by atoms with Gasteiger partial charge in [-0.1, -0.05) is 42.5 Å². The van der Waals surface area contributed by atoms with Gasteiger partial charge in [-0.25, -0.2) is 0 Å². The summed E-state index contributed by atoms with van der Waals surface area (Å²) in [5.41, 5.74) is 1.04. The largest absolute Gasteiger partial charge is 0.275 e. The lowest BCUT2D eigenvalue weighted by Gasteiger charge is -2.37. The number of hydrogen-bond donors (Lipinski definition) is 0. The monoisotopic (exact) mass is 293 g/mol. The Kier molecular flexibility index (Phi) is 2.35. The molecule has 2 saturated carbocycles. The van der Waals surface area contributed by atoms with Crippen molar-refractivity contribution in [3.8, 4) is 0 Å². The van der Waals surface area contributed by atoms with Crippen molar-refractivity contribution in [1.82, 2.24) is 4.90 Å². The summed E-state index contributed by atoms with van der Waals surface area (Å²) >= 11 is 0. The molecule has 3 heteroatoms. The summed E-state index contributed by atoms with van der Waals surface area (Å²) in [6.07, 6.45) is 5.66. The highest BCUT2D eigenvalue weighted by molar-refractivity contribution is 6.06. The zero-order valence-corrected chi connectivity index (χ0v) is 12.6. The molecule has 0 spiro atoms. The van der Waals surface area contributed by atoms with Gasteiger partial charge in [-0.05, 0) is 42.6 Å². The van der Waals surface area contributed by atoms with Gasteiger partial charge in [0.15, 0.2) is 0 Å². The predicted molar refractivity (Wildman–Crippen MR) is 81.4 cm³/mol. The third kappa shape index (κ3) is 1.42. The van der Waals surface area contributed by atoms with Crippen LogP contribution in [0.25, 0.3) is 0 Å². The molecule has 0 unspecified atom stereocenters. The van der Waals surface area contributed by atoms with Gasteiger partial charge in [-0.3, -0.25) is 14.5 Å². The third-order valence-corrected chi connectivity index (χ3v) is 6.37. The Morgan fingerprint density at radius 2 is 1.50 bits per heavy atom. The quantitative estimate of drug-likeness (QED) is 0.621. The molecule has 1 saturated heterocycles. The Morgan fingerprint density at radius 1 is 0.955 bits per heavy atom. The summed E-state index contributed by atoms with van der Waals surface area (Å²) in [5, 5.41) is 0. The molecule has 0 radical (unpaired) electrons. The zero-order valence-electron chi connectivity index (χ0n) is 12.6. The molecule has 7 atom stereocenters. The lowest BCUT2D eigenvalue weighted by molar-refractivity contribution is -0.142. The SMILES string of the molecule is C[C@H](c1ccccc1)N1C(=O)[C@@H]2[C@H]3C=C[C@@H]([C@@H]4C[C@@H]34)[C@H]2C1=O. The van der Waals surface area contributed by atoms with E-state index in [1.54, 1.807) is 4.90 Å². The van der Waals surface area contributed by atoms with Gasteiger partial charge in [-0.15, -0.1) is 0 Å². The molecule has 22 heavy (non-hydrogen) atoms. The summed E-state index contributed by atoms with van der Waals surface area (Å²) in [6, 6.07) is 9.72. The molecule has 112 valence electrons. The van der Waals surface area contributed by atoms with E-state index in [-0.39, 0.29) is 29.7 Å². The summed E-state index contributed by atoms with van der Waals surface area (Å²) in [7, 11) is 0. The van der Waals surface area contributed by atoms with Crippen molar-refractivity contribution < 1.29 is 9.59 Å². The highest BCUT2D eigenvalue weighted by atomic mass is 16.2. The highest BCUT2D eigenvalue weighted by Crippen LogP contribution is 2.65. The van der Waals surface area contributed by atoms with Gasteiger partial charge in [0, 0.05) is 0 Å². The number of nitrogens with zero attached hydrogens (tertiary/aromatic N) is 1. The maximum atomic E-state index is 13.0. The van der Waals surface area contributed by atoms with Crippen LogP contribution >= 0.6 is 0 Å². The Morgan fingerprint density at radius 3 is 2.05 bits per heavy atom. The maximum absolute atomic E-state index is 13.0. The fourth-order valence-corrected chi connectivity index (χ4v) is 5.24. The molecule has 5 aliphatic rings. The first-order valence-corrected chi connectivity index (χ1v) is 8.28. The van der Waals surface area contributed by atoms with Crippen LogP contribution in [0.1, 0.15) is 24.9 Å². The van der Waals surface area contributed by atoms with E-state index in [4.69, 9.17) is 0 Å². The van der Waals surface area contributed by atoms with Gasteiger partial charge in [-0.2, -0.15) is 0 Å². The number of rotatable bonds is 2. The summed E-state index contributed by atoms with van der Waals surface area (Å²) in [6.45, 7) is 1.97. The third-order valence-electron chi connectivity index (χ3n) is 6.37. The van der Waals surface area contributed by atoms with Crippen LogP contribution in [0.15, 0.2) is 42.5 Å². The van der Waals surface area contributed by atoms with Crippen LogP contribution in [-0.4, -0.2) is 16.7 Å². The van der Waals surface area contributed by atoms with Gasteiger partial charge in [0.2, 0.25) is 11.8 Å². The van der Waals surface area contributed by atoms with Crippen molar-refractivity contribution in [3.63, 3.8) is 0 Å². The number of carbonyl (C=O) groups is 2. The molecular weight excluding hydrogens is 274 g/mol. The van der Waals surface area contributed by atoms with E-state index in [0.717, 1.165) is 5.56 Å². The van der Waals surface area contributed by atoms with E-state index in [9.17, 15) is 9.59 Å². The number of benzene rings is 1. The van der Waals surface area contributed by atoms with E-state index in [2.05, 4.69) is 12.2 Å². The number of amides is 2. The minimum atomic E-state index is -0.164. The average molecular weight is 293 g/mol. The Hall–Kier alpha value is -1.90. The van der Waals surface area contributed by atoms with E-state index >= 15 is 0 Å². The first-order chi connectivity index (χ1) is 10.7. The van der Waals surface area contributed by atoms with Crippen molar-refractivity contribution in [1.29, 1.82) is 0 Å². The van der Waals surface area contributed by atoms with Gasteiger partial charge in [0.1, 0.15) is 0 Å². The van der Waals surface area contributed by atoms with Gasteiger partial charge in [0.05, 0.1) is 17.9 Å². The van der Waals surface area contributed by atoms with Crippen LogP contribution in [0.3, 0.4) is 0 Å². The topological polar surface area (TPSA) is 37.4 Å². The van der Waals surface area contributed by atoms with Crippen LogP contribution in [0.5, 0.6) is 0 Å². The molecule has 2 bridgehead atoms. The normalized spacial score (nSPS) is 42.3. The molecule has 1 aromatic carbocycles. The maximum Gasteiger partial charge on any atom is 0.234 e. The van der Waals surface area contributed by atoms with Gasteiger partial charge < -0.3 is 0 Å². The fourth-order valence-electron chi connectivity index (χ4n) is 5.24. The molecule has 2 amide bonds. The molecule has 0 aromatic heterocycles. The van der Waals surface area contributed by atoms with E-state index in [1.807, 2.05) is 37.3 Å². The van der Waals surface area contributed by atoms with Crippen LogP contribution in [0.2, 0.25) is 0 Å². The second-order valence-corrected chi connectivity index (χ2v) is 7.29. The predicted octanol–water partition coefficient (Wildman–Crippen LogP) is 2.80. The minimum Gasteiger partial charge on any atom is -0.275 e. The molecule has 0 N–H and O–H groups in total. The number of imide groups is 1. The van der Waals surface area contributed by atoms with Crippen molar-refractivity contribution >= 4 is 11.8 Å². The Balaban J connectivity index is 1.52. The highest BCUT2D eigenvalue weighted by Gasteiger charge is 2.67. The van der Waals surface area contributed by atoms with Crippen molar-refractivity contribution in [2.75, 3.05) is 0 Å². The van der Waals surface area contributed by atoms with Crippen LogP contribution < -0.4 is 0 Å². The van der Waals surface area contributed by atoms with Gasteiger partial charge in [0.25, 0.3) is 0 Å². The summed E-state index contributed by atoms with van der Waals surface area (Å²) < 4.78 is 0. The van der Waals surface area contributed by atoms with Crippen LogP contribution in [0.4, 0.5) is 0 Å². The minimum absolute atomic E-state index is 0.0658. The average Bonchev–Trinajstić information content (AvgIpc) is 3.32. The molecule has 6 rings (SSSR count). The molecule has 1 heterocycles. The lowest BCUT2D eigenvalue weighted by Crippen LogP contribution is -2.40. The van der Waals surface area contributed by atoms with Crippen LogP contribution in [0, 0.1) is 35.5 Å². The summed E-state index contributed by atoms with van der Waals surface area (Å²) in [5.74, 6) is 1.91. The molecule has 4 aliphatic carbocycles. The second-order valence-electron chi connectivity index (χ2n) is 7.29. The summed E-state index contributed by atoms with van der Waals surface area (Å²) in [4.78, 5) is 27.5. The second kappa shape index (κ2) is 4.09. The number of allylic oxidation sites excluding steroid dienone is 2. The molecule has 1 aromatic rings. The first kappa shape index (κ1) is 12.6. The number of hydrogen-bond acceptors (Lipinski definition) is 2. The number of carbonyl (C=O) groups excluding carboxylic acids is 2. The molecular formula is C19H19NO2. The van der Waals surface area contributed by atoms with Crippen molar-refractivity contribution in [2.45, 2.75) is 19.4 Å². The van der Waals surface area contributed by atoms with Crippen molar-refractivity contribution in [3.05, 3.63) is 48.0 Å². The Labute approximate surface area is 130 Å². The van der Waals surface area contributed by atoms with E-state index in [0.29, 0.717) is 23.7 Å². The zero-order chi connectivity index (χ0) is 15.0. The number of likely N-dealkylation sites (tertiary alicyclic amines) is 1. The molecule has 3 fully saturated rings. The van der Waals surface area contributed by atoms with E-state index in [1.165, 1.54) is 6.42 Å². The fraction of sp³-hybridized carbons (Fsp3) is 0.474. The van der Waals surface area contributed by atoms with Crippen LogP contribution in [-0.2, 0) is 9.59 Å². The smallest absolute Gasteiger partial charge is 0.234 e. The van der Waals surface area contributed by atoms with E-state index < -0.39 is 0 Å².